The van der Waals surface area contributed by atoms with Crippen molar-refractivity contribution in [3.63, 3.8) is 0 Å². The van der Waals surface area contributed by atoms with Crippen molar-refractivity contribution in [2.75, 3.05) is 20.8 Å². The largest absolute Gasteiger partial charge is 0.355 e. The first-order valence-corrected chi connectivity index (χ1v) is 5.52. The highest BCUT2D eigenvalue weighted by Crippen LogP contribution is 2.14. The highest BCUT2D eigenvalue weighted by atomic mass is 16.7. The minimum atomic E-state index is -0.210. The van der Waals surface area contributed by atoms with Crippen molar-refractivity contribution in [2.45, 2.75) is 12.8 Å². The number of pyridine rings is 1. The molecule has 0 fully saturated rings. The molecule has 2 aromatic heterocycles. The predicted octanol–water partition coefficient (Wildman–Crippen LogP) is 1.27. The normalized spacial score (nSPS) is 11.5. The summed E-state index contributed by atoms with van der Waals surface area (Å²) < 4.78 is 10.2. The van der Waals surface area contributed by atoms with E-state index in [1.54, 1.807) is 20.4 Å². The molecule has 5 nitrogen and oxygen atoms in total. The standard InChI is InChI=1S/C12H17N3O2/c1-16-11(17-2)8-13-6-9-7-15-12-10(9)4-3-5-14-12/h3-5,7,11,13H,6,8H2,1-2H3,(H,14,15). The zero-order chi connectivity index (χ0) is 12.1. The summed E-state index contributed by atoms with van der Waals surface area (Å²) >= 11 is 0. The Bertz CT molecular complexity index is 465. The van der Waals surface area contributed by atoms with E-state index in [9.17, 15) is 0 Å². The molecule has 0 radical (unpaired) electrons. The fourth-order valence-corrected chi connectivity index (χ4v) is 1.75. The van der Waals surface area contributed by atoms with Crippen molar-refractivity contribution in [1.82, 2.24) is 15.3 Å². The Morgan fingerprint density at radius 3 is 3.00 bits per heavy atom. The van der Waals surface area contributed by atoms with E-state index in [2.05, 4.69) is 21.4 Å². The summed E-state index contributed by atoms with van der Waals surface area (Å²) in [6, 6.07) is 3.99. The van der Waals surface area contributed by atoms with Crippen LogP contribution >= 0.6 is 0 Å². The van der Waals surface area contributed by atoms with Gasteiger partial charge >= 0.3 is 0 Å². The summed E-state index contributed by atoms with van der Waals surface area (Å²) in [6.45, 7) is 1.41. The molecular weight excluding hydrogens is 218 g/mol. The third-order valence-corrected chi connectivity index (χ3v) is 2.69. The van der Waals surface area contributed by atoms with Crippen LogP contribution in [0.5, 0.6) is 0 Å². The first-order chi connectivity index (χ1) is 8.35. The fourth-order valence-electron chi connectivity index (χ4n) is 1.75. The van der Waals surface area contributed by atoms with Crippen molar-refractivity contribution in [3.8, 4) is 0 Å². The van der Waals surface area contributed by atoms with Gasteiger partial charge in [-0.3, -0.25) is 0 Å². The molecule has 0 spiro atoms. The van der Waals surface area contributed by atoms with Crippen LogP contribution in [0.1, 0.15) is 5.56 Å². The summed E-state index contributed by atoms with van der Waals surface area (Å²) in [7, 11) is 3.26. The van der Waals surface area contributed by atoms with Crippen LogP contribution in [0, 0.1) is 0 Å². The molecule has 0 aromatic carbocycles. The first-order valence-electron chi connectivity index (χ1n) is 5.52. The van der Waals surface area contributed by atoms with Crippen LogP contribution in [0.2, 0.25) is 0 Å². The average molecular weight is 235 g/mol. The van der Waals surface area contributed by atoms with Crippen LogP contribution < -0.4 is 5.32 Å². The maximum Gasteiger partial charge on any atom is 0.169 e. The van der Waals surface area contributed by atoms with Gasteiger partial charge in [0.25, 0.3) is 0 Å². The molecule has 0 amide bonds. The van der Waals surface area contributed by atoms with Gasteiger partial charge < -0.3 is 19.8 Å². The number of hydrogen-bond acceptors (Lipinski definition) is 4. The van der Waals surface area contributed by atoms with Gasteiger partial charge in [-0.1, -0.05) is 0 Å². The topological polar surface area (TPSA) is 59.2 Å². The molecule has 0 atom stereocenters. The van der Waals surface area contributed by atoms with Crippen LogP contribution in [-0.4, -0.2) is 37.0 Å². The van der Waals surface area contributed by atoms with Gasteiger partial charge in [0.1, 0.15) is 5.65 Å². The second-order valence-electron chi connectivity index (χ2n) is 3.75. The number of aromatic nitrogens is 2. The Morgan fingerprint density at radius 1 is 1.41 bits per heavy atom. The number of H-pyrrole nitrogens is 1. The van der Waals surface area contributed by atoms with E-state index in [0.29, 0.717) is 6.54 Å². The first kappa shape index (κ1) is 12.0. The summed E-state index contributed by atoms with van der Waals surface area (Å²) in [5, 5.41) is 4.43. The minimum Gasteiger partial charge on any atom is -0.355 e. The lowest BCUT2D eigenvalue weighted by Gasteiger charge is -2.13. The van der Waals surface area contributed by atoms with Gasteiger partial charge in [-0.05, 0) is 17.7 Å². The molecule has 0 saturated heterocycles. The summed E-state index contributed by atoms with van der Waals surface area (Å²) in [5.74, 6) is 0. The van der Waals surface area contributed by atoms with E-state index in [1.807, 2.05) is 12.3 Å². The molecule has 0 bridgehead atoms. The quantitative estimate of drug-likeness (QED) is 0.740. The van der Waals surface area contributed by atoms with E-state index in [1.165, 1.54) is 5.56 Å². The van der Waals surface area contributed by atoms with Gasteiger partial charge in [-0.25, -0.2) is 4.98 Å². The molecule has 0 saturated carbocycles. The van der Waals surface area contributed by atoms with Crippen molar-refractivity contribution >= 4 is 11.0 Å². The van der Waals surface area contributed by atoms with E-state index >= 15 is 0 Å². The third-order valence-electron chi connectivity index (χ3n) is 2.69. The molecule has 0 unspecified atom stereocenters. The van der Waals surface area contributed by atoms with Gasteiger partial charge in [0.15, 0.2) is 6.29 Å². The molecule has 2 rings (SSSR count). The lowest BCUT2D eigenvalue weighted by molar-refractivity contribution is -0.0988. The number of methoxy groups -OCH3 is 2. The van der Waals surface area contributed by atoms with E-state index in [4.69, 9.17) is 9.47 Å². The minimum absolute atomic E-state index is 0.210. The van der Waals surface area contributed by atoms with Gasteiger partial charge in [-0.2, -0.15) is 0 Å². The zero-order valence-corrected chi connectivity index (χ0v) is 10.1. The summed E-state index contributed by atoms with van der Waals surface area (Å²) in [4.78, 5) is 7.39. The summed E-state index contributed by atoms with van der Waals surface area (Å²) in [6.07, 6.45) is 3.54. The molecule has 0 aliphatic carbocycles. The SMILES string of the molecule is COC(CNCc1c[nH]c2ncccc12)OC. The molecule has 2 N–H and O–H groups in total. The highest BCUT2D eigenvalue weighted by Gasteiger charge is 2.06. The maximum atomic E-state index is 5.10. The van der Waals surface area contributed by atoms with E-state index in [-0.39, 0.29) is 6.29 Å². The van der Waals surface area contributed by atoms with Gasteiger partial charge in [0.2, 0.25) is 0 Å². The van der Waals surface area contributed by atoms with Crippen molar-refractivity contribution < 1.29 is 9.47 Å². The number of hydrogen-bond donors (Lipinski definition) is 2. The van der Waals surface area contributed by atoms with Crippen molar-refractivity contribution in [3.05, 3.63) is 30.1 Å². The lowest BCUT2D eigenvalue weighted by Crippen LogP contribution is -2.29. The average Bonchev–Trinajstić information content (AvgIpc) is 2.78. The van der Waals surface area contributed by atoms with Gasteiger partial charge in [-0.15, -0.1) is 0 Å². The zero-order valence-electron chi connectivity index (χ0n) is 10.1. The number of ether oxygens (including phenoxy) is 2. The molecular formula is C12H17N3O2. The molecule has 2 heterocycles. The second-order valence-corrected chi connectivity index (χ2v) is 3.75. The van der Waals surface area contributed by atoms with Crippen LogP contribution in [0.15, 0.2) is 24.5 Å². The Labute approximate surface area is 100 Å². The van der Waals surface area contributed by atoms with Gasteiger partial charge in [0, 0.05) is 45.1 Å². The molecule has 2 aromatic rings. The lowest BCUT2D eigenvalue weighted by atomic mass is 10.2. The number of nitrogens with zero attached hydrogens (tertiary/aromatic N) is 1. The van der Waals surface area contributed by atoms with Crippen LogP contribution in [0.3, 0.4) is 0 Å². The van der Waals surface area contributed by atoms with E-state index < -0.39 is 0 Å². The van der Waals surface area contributed by atoms with Crippen LogP contribution in [0.4, 0.5) is 0 Å². The molecule has 5 heteroatoms. The maximum absolute atomic E-state index is 5.10. The Balaban J connectivity index is 1.95. The number of fused-ring (bicyclic) bond motifs is 1. The predicted molar refractivity (Wildman–Crippen MR) is 65.6 cm³/mol. The Morgan fingerprint density at radius 2 is 2.24 bits per heavy atom. The van der Waals surface area contributed by atoms with Crippen molar-refractivity contribution in [2.24, 2.45) is 0 Å². The van der Waals surface area contributed by atoms with Gasteiger partial charge in [0.05, 0.1) is 0 Å². The molecule has 17 heavy (non-hydrogen) atoms. The van der Waals surface area contributed by atoms with E-state index in [0.717, 1.165) is 17.6 Å². The molecule has 0 aliphatic rings. The van der Waals surface area contributed by atoms with Crippen LogP contribution in [0.25, 0.3) is 11.0 Å². The second kappa shape index (κ2) is 5.77. The summed E-state index contributed by atoms with van der Waals surface area (Å²) in [5.41, 5.74) is 2.11. The number of rotatable bonds is 6. The molecule has 0 aliphatic heterocycles. The third kappa shape index (κ3) is 2.82. The highest BCUT2D eigenvalue weighted by molar-refractivity contribution is 5.79. The molecule has 92 valence electrons. The van der Waals surface area contributed by atoms with Crippen LogP contribution in [-0.2, 0) is 16.0 Å². The fraction of sp³-hybridized carbons (Fsp3) is 0.417. The number of aromatic amines is 1. The Hall–Kier alpha value is -1.43. The van der Waals surface area contributed by atoms with Crippen molar-refractivity contribution in [1.29, 1.82) is 0 Å². The monoisotopic (exact) mass is 235 g/mol. The smallest absolute Gasteiger partial charge is 0.169 e. The Kier molecular flexibility index (Phi) is 4.08. The number of nitrogens with one attached hydrogen (secondary N) is 2.